The van der Waals surface area contributed by atoms with Crippen LogP contribution in [0.5, 0.6) is 0 Å². The zero-order valence-corrected chi connectivity index (χ0v) is 20.5. The molecular weight excluding hydrogens is 442 g/mol. The van der Waals surface area contributed by atoms with Crippen LogP contribution in [0.2, 0.25) is 0 Å². The van der Waals surface area contributed by atoms with E-state index >= 15 is 0 Å². The van der Waals surface area contributed by atoms with Crippen molar-refractivity contribution in [3.05, 3.63) is 53.1 Å². The number of nitrogens with zero attached hydrogens (tertiary/aromatic N) is 4. The molecule has 2 aromatic rings. The van der Waals surface area contributed by atoms with Gasteiger partial charge in [-0.1, -0.05) is 0 Å². The largest absolute Gasteiger partial charge is 0.370 e. The molecule has 2 fully saturated rings. The first-order chi connectivity index (χ1) is 16.7. The Balaban J connectivity index is 1.38. The second-order valence-electron chi connectivity index (χ2n) is 9.17. The number of carbonyl (C=O) groups is 1. The maximum atomic E-state index is 13.0. The number of nitrogens with two attached hydrogens (primary N) is 2. The third-order valence-electron chi connectivity index (χ3n) is 6.86. The van der Waals surface area contributed by atoms with Gasteiger partial charge in [-0.05, 0) is 61.4 Å². The molecule has 2 heterocycles. The third-order valence-corrected chi connectivity index (χ3v) is 6.86. The van der Waals surface area contributed by atoms with E-state index in [1.807, 2.05) is 60.0 Å². The molecule has 7 N–H and O–H groups in total. The second-order valence-corrected chi connectivity index (χ2v) is 9.17. The quantitative estimate of drug-likeness (QED) is 0.332. The Morgan fingerprint density at radius 2 is 1.34 bits per heavy atom. The van der Waals surface area contributed by atoms with E-state index in [-0.39, 0.29) is 17.8 Å². The fourth-order valence-electron chi connectivity index (χ4n) is 4.78. The highest BCUT2D eigenvalue weighted by molar-refractivity contribution is 6.05. The summed E-state index contributed by atoms with van der Waals surface area (Å²) in [6.45, 7) is 10.1. The monoisotopic (exact) mass is 477 g/mol. The summed E-state index contributed by atoms with van der Waals surface area (Å²) in [5.74, 6) is 0.114. The van der Waals surface area contributed by atoms with Gasteiger partial charge in [0.25, 0.3) is 5.91 Å². The number of nitrogens with one attached hydrogen (secondary N) is 3. The maximum Gasteiger partial charge on any atom is 0.255 e. The molecule has 0 bridgehead atoms. The van der Waals surface area contributed by atoms with Crippen molar-refractivity contribution in [1.29, 1.82) is 10.8 Å². The van der Waals surface area contributed by atoms with E-state index in [0.717, 1.165) is 80.5 Å². The minimum absolute atomic E-state index is 0.117. The van der Waals surface area contributed by atoms with Crippen LogP contribution < -0.4 is 26.6 Å². The molecule has 186 valence electrons. The molecule has 10 nitrogen and oxygen atoms in total. The van der Waals surface area contributed by atoms with Crippen molar-refractivity contribution >= 4 is 34.9 Å². The van der Waals surface area contributed by atoms with Gasteiger partial charge >= 0.3 is 0 Å². The van der Waals surface area contributed by atoms with E-state index in [0.29, 0.717) is 5.56 Å². The summed E-state index contributed by atoms with van der Waals surface area (Å²) < 4.78 is 0. The lowest BCUT2D eigenvalue weighted by atomic mass is 10.1. The van der Waals surface area contributed by atoms with Crippen LogP contribution >= 0.6 is 0 Å². The lowest BCUT2D eigenvalue weighted by Crippen LogP contribution is -2.51. The Labute approximate surface area is 206 Å². The van der Waals surface area contributed by atoms with Gasteiger partial charge < -0.3 is 36.4 Å². The van der Waals surface area contributed by atoms with Crippen molar-refractivity contribution in [3.8, 4) is 0 Å². The van der Waals surface area contributed by atoms with Crippen LogP contribution in [-0.2, 0) is 0 Å². The van der Waals surface area contributed by atoms with E-state index in [9.17, 15) is 4.79 Å². The SMILES string of the molecule is Cc1cc(N2CCN(C(=N)N)CC2)ccc1C(=O)Nc1ccc(N2CCN(C(=N)N)CC2)c(C)c1. The highest BCUT2D eigenvalue weighted by Crippen LogP contribution is 2.26. The molecule has 2 aliphatic heterocycles. The molecule has 10 heteroatoms. The average molecular weight is 478 g/mol. The van der Waals surface area contributed by atoms with Crippen molar-refractivity contribution in [2.75, 3.05) is 67.5 Å². The Hall–Kier alpha value is -3.95. The number of amides is 1. The molecule has 2 aromatic carbocycles. The Bertz CT molecular complexity index is 1120. The van der Waals surface area contributed by atoms with Crippen molar-refractivity contribution in [2.24, 2.45) is 11.5 Å². The summed E-state index contributed by atoms with van der Waals surface area (Å²) in [4.78, 5) is 21.3. The molecule has 4 rings (SSSR count). The first-order valence-electron chi connectivity index (χ1n) is 11.9. The predicted molar refractivity (Wildman–Crippen MR) is 142 cm³/mol. The predicted octanol–water partition coefficient (Wildman–Crippen LogP) is 1.59. The van der Waals surface area contributed by atoms with Gasteiger partial charge in [0.05, 0.1) is 0 Å². The zero-order chi connectivity index (χ0) is 25.1. The van der Waals surface area contributed by atoms with Crippen molar-refractivity contribution in [1.82, 2.24) is 9.80 Å². The van der Waals surface area contributed by atoms with E-state index in [1.165, 1.54) is 0 Å². The minimum Gasteiger partial charge on any atom is -0.370 e. The van der Waals surface area contributed by atoms with Crippen molar-refractivity contribution < 1.29 is 4.79 Å². The van der Waals surface area contributed by atoms with Crippen molar-refractivity contribution in [2.45, 2.75) is 13.8 Å². The molecule has 1 amide bonds. The molecular formula is C25H35N9O. The molecule has 0 unspecified atom stereocenters. The number of piperazine rings is 2. The van der Waals surface area contributed by atoms with Crippen LogP contribution in [0, 0.1) is 24.7 Å². The lowest BCUT2D eigenvalue weighted by molar-refractivity contribution is 0.102. The van der Waals surface area contributed by atoms with Gasteiger partial charge in [0.1, 0.15) is 0 Å². The summed E-state index contributed by atoms with van der Waals surface area (Å²) in [7, 11) is 0. The van der Waals surface area contributed by atoms with E-state index < -0.39 is 0 Å². The molecule has 2 saturated heterocycles. The Kier molecular flexibility index (Phi) is 6.99. The molecule has 2 aliphatic rings. The molecule has 35 heavy (non-hydrogen) atoms. The smallest absolute Gasteiger partial charge is 0.255 e. The lowest BCUT2D eigenvalue weighted by Gasteiger charge is -2.37. The zero-order valence-electron chi connectivity index (χ0n) is 20.5. The van der Waals surface area contributed by atoms with Gasteiger partial charge in [-0.15, -0.1) is 0 Å². The number of hydrogen-bond acceptors (Lipinski definition) is 5. The summed E-state index contributed by atoms with van der Waals surface area (Å²) in [6.07, 6.45) is 0. The molecule has 0 radical (unpaired) electrons. The van der Waals surface area contributed by atoms with Crippen LogP contribution in [0.1, 0.15) is 21.5 Å². The number of hydrogen-bond donors (Lipinski definition) is 5. The number of carbonyl (C=O) groups excluding carboxylic acids is 1. The fourth-order valence-corrected chi connectivity index (χ4v) is 4.78. The van der Waals surface area contributed by atoms with Gasteiger partial charge in [0, 0.05) is 75.0 Å². The number of anilines is 3. The highest BCUT2D eigenvalue weighted by atomic mass is 16.1. The van der Waals surface area contributed by atoms with Gasteiger partial charge in [-0.2, -0.15) is 0 Å². The summed E-state index contributed by atoms with van der Waals surface area (Å²) in [5, 5.41) is 18.2. The van der Waals surface area contributed by atoms with Crippen molar-refractivity contribution in [3.63, 3.8) is 0 Å². The molecule has 0 spiro atoms. The van der Waals surface area contributed by atoms with Crippen LogP contribution in [0.3, 0.4) is 0 Å². The Morgan fingerprint density at radius 1 is 0.771 bits per heavy atom. The van der Waals surface area contributed by atoms with E-state index in [2.05, 4.69) is 15.1 Å². The first-order valence-corrected chi connectivity index (χ1v) is 11.9. The van der Waals surface area contributed by atoms with Gasteiger partial charge in [0.15, 0.2) is 11.9 Å². The molecule has 0 aliphatic carbocycles. The normalized spacial score (nSPS) is 16.3. The summed E-state index contributed by atoms with van der Waals surface area (Å²) in [6, 6.07) is 11.9. The van der Waals surface area contributed by atoms with Crippen LogP contribution in [0.15, 0.2) is 36.4 Å². The summed E-state index contributed by atoms with van der Waals surface area (Å²) >= 11 is 0. The first kappa shape index (κ1) is 24.2. The van der Waals surface area contributed by atoms with Crippen LogP contribution in [0.25, 0.3) is 0 Å². The molecule has 0 aromatic heterocycles. The highest BCUT2D eigenvalue weighted by Gasteiger charge is 2.21. The van der Waals surface area contributed by atoms with E-state index in [4.69, 9.17) is 22.3 Å². The van der Waals surface area contributed by atoms with E-state index in [1.54, 1.807) is 0 Å². The average Bonchev–Trinajstić information content (AvgIpc) is 2.84. The topological polar surface area (TPSA) is 142 Å². The number of aryl methyl sites for hydroxylation is 2. The van der Waals surface area contributed by atoms with Gasteiger partial charge in [-0.25, -0.2) is 0 Å². The maximum absolute atomic E-state index is 13.0. The Morgan fingerprint density at radius 3 is 1.86 bits per heavy atom. The molecule has 0 atom stereocenters. The number of benzene rings is 2. The van der Waals surface area contributed by atoms with Crippen LogP contribution in [-0.4, -0.2) is 80.0 Å². The molecule has 0 saturated carbocycles. The second kappa shape index (κ2) is 10.1. The third kappa shape index (κ3) is 5.42. The van der Waals surface area contributed by atoms with Gasteiger partial charge in [-0.3, -0.25) is 15.6 Å². The standard InChI is InChI=1S/C25H35N9O/c1-17-16-20(31-7-11-33(12-8-31)24(26)27)4-5-21(17)23(35)30-19-3-6-22(18(2)15-19)32-9-13-34(14-10-32)25(28)29/h3-6,15-16H,7-14H2,1-2H3,(H3,26,27)(H3,28,29)(H,30,35). The van der Waals surface area contributed by atoms with Crippen LogP contribution in [0.4, 0.5) is 17.1 Å². The number of rotatable bonds is 4. The summed E-state index contributed by atoms with van der Waals surface area (Å²) in [5.41, 5.74) is 16.8. The number of guanidine groups is 2. The van der Waals surface area contributed by atoms with Gasteiger partial charge in [0.2, 0.25) is 0 Å². The fraction of sp³-hybridized carbons (Fsp3) is 0.400. The minimum atomic E-state index is -0.127.